The first-order valence-electron chi connectivity index (χ1n) is 4.04. The van der Waals surface area contributed by atoms with Crippen LogP contribution in [0.4, 0.5) is 5.69 Å². The van der Waals surface area contributed by atoms with Gasteiger partial charge >= 0.3 is 0 Å². The second-order valence-electron chi connectivity index (χ2n) is 2.85. The third-order valence-electron chi connectivity index (χ3n) is 1.65. The zero-order valence-electron chi connectivity index (χ0n) is 8.19. The summed E-state index contributed by atoms with van der Waals surface area (Å²) in [6, 6.07) is 5.12. The van der Waals surface area contributed by atoms with E-state index in [9.17, 15) is 12.6 Å². The quantitative estimate of drug-likeness (QED) is 0.361. The lowest BCUT2D eigenvalue weighted by molar-refractivity contribution is 0.483. The smallest absolute Gasteiger partial charge is 0.294 e. The highest BCUT2D eigenvalue weighted by Gasteiger charge is 2.09. The SMILES string of the molecule is CC(=Nc1cccc(S(=O)(=O)O)c1)S(=O)O. The van der Waals surface area contributed by atoms with Gasteiger partial charge < -0.3 is 4.55 Å². The van der Waals surface area contributed by atoms with Gasteiger partial charge in [0, 0.05) is 0 Å². The highest BCUT2D eigenvalue weighted by Crippen LogP contribution is 2.18. The van der Waals surface area contributed by atoms with E-state index in [0.29, 0.717) is 0 Å². The molecule has 0 radical (unpaired) electrons. The van der Waals surface area contributed by atoms with Crippen molar-refractivity contribution < 1.29 is 21.7 Å². The van der Waals surface area contributed by atoms with E-state index < -0.39 is 21.2 Å². The Balaban J connectivity index is 3.20. The van der Waals surface area contributed by atoms with Gasteiger partial charge in [0.2, 0.25) is 11.1 Å². The molecule has 1 rings (SSSR count). The van der Waals surface area contributed by atoms with Crippen LogP contribution in [0.25, 0.3) is 0 Å². The van der Waals surface area contributed by atoms with Gasteiger partial charge in [-0.2, -0.15) is 8.42 Å². The molecule has 0 aliphatic carbocycles. The second kappa shape index (κ2) is 4.83. The van der Waals surface area contributed by atoms with E-state index in [4.69, 9.17) is 9.11 Å². The van der Waals surface area contributed by atoms with Crippen LogP contribution in [0, 0.1) is 0 Å². The predicted molar refractivity (Wildman–Crippen MR) is 59.8 cm³/mol. The van der Waals surface area contributed by atoms with E-state index in [1.54, 1.807) is 0 Å². The zero-order chi connectivity index (χ0) is 12.3. The molecule has 0 aliphatic rings. The van der Waals surface area contributed by atoms with Crippen LogP contribution >= 0.6 is 0 Å². The largest absolute Gasteiger partial charge is 0.301 e. The molecule has 0 amide bonds. The fourth-order valence-corrected chi connectivity index (χ4v) is 1.64. The van der Waals surface area contributed by atoms with E-state index in [0.717, 1.165) is 6.07 Å². The summed E-state index contributed by atoms with van der Waals surface area (Å²) in [7, 11) is -4.29. The maximum Gasteiger partial charge on any atom is 0.294 e. The summed E-state index contributed by atoms with van der Waals surface area (Å²) in [6.45, 7) is 1.33. The molecule has 0 spiro atoms. The van der Waals surface area contributed by atoms with Gasteiger partial charge in [-0.3, -0.25) is 4.55 Å². The Kier molecular flexibility index (Phi) is 3.92. The van der Waals surface area contributed by atoms with Crippen LogP contribution in [0.2, 0.25) is 0 Å². The normalized spacial score (nSPS) is 14.8. The summed E-state index contributed by atoms with van der Waals surface area (Å²) in [5.74, 6) is 0. The van der Waals surface area contributed by atoms with Gasteiger partial charge in [0.25, 0.3) is 10.1 Å². The van der Waals surface area contributed by atoms with Crippen LogP contribution in [0.3, 0.4) is 0 Å². The van der Waals surface area contributed by atoms with Crippen LogP contribution < -0.4 is 0 Å². The lowest BCUT2D eigenvalue weighted by Crippen LogP contribution is -2.00. The summed E-state index contributed by atoms with van der Waals surface area (Å²) >= 11 is -2.20. The van der Waals surface area contributed by atoms with Gasteiger partial charge in [-0.1, -0.05) is 6.07 Å². The molecule has 0 aromatic heterocycles. The van der Waals surface area contributed by atoms with Crippen molar-refractivity contribution in [2.24, 2.45) is 4.99 Å². The fourth-order valence-electron chi connectivity index (χ4n) is 0.934. The molecule has 1 aromatic rings. The Hall–Kier alpha value is -1.09. The van der Waals surface area contributed by atoms with E-state index in [1.165, 1.54) is 25.1 Å². The van der Waals surface area contributed by atoms with Gasteiger partial charge in [-0.25, -0.2) is 9.20 Å². The Labute approximate surface area is 95.1 Å². The summed E-state index contributed by atoms with van der Waals surface area (Å²) < 4.78 is 49.7. The number of nitrogens with zero attached hydrogens (tertiary/aromatic N) is 1. The van der Waals surface area contributed by atoms with E-state index in [1.807, 2.05) is 0 Å². The van der Waals surface area contributed by atoms with E-state index in [-0.39, 0.29) is 15.6 Å². The highest BCUT2D eigenvalue weighted by atomic mass is 32.2. The Morgan fingerprint density at radius 1 is 1.44 bits per heavy atom. The molecule has 0 fully saturated rings. The molecular formula is C8H9NO5S2. The standard InChI is InChI=1S/C8H9NO5S2/c1-6(15(10)11)9-7-3-2-4-8(5-7)16(12,13)14/h2-5H,1H3,(H,10,11)(H,12,13,14). The molecule has 0 bridgehead atoms. The van der Waals surface area contributed by atoms with Crippen LogP contribution in [-0.2, 0) is 21.2 Å². The minimum Gasteiger partial charge on any atom is -0.301 e. The first-order valence-corrected chi connectivity index (χ1v) is 6.59. The minimum absolute atomic E-state index is 0.0625. The van der Waals surface area contributed by atoms with Crippen LogP contribution in [0.15, 0.2) is 34.2 Å². The van der Waals surface area contributed by atoms with Crippen LogP contribution in [0.5, 0.6) is 0 Å². The van der Waals surface area contributed by atoms with Gasteiger partial charge in [-0.15, -0.1) is 0 Å². The molecular weight excluding hydrogens is 254 g/mol. The first kappa shape index (κ1) is 13.0. The average Bonchev–Trinajstić information content (AvgIpc) is 2.16. The van der Waals surface area contributed by atoms with Gasteiger partial charge in [0.05, 0.1) is 10.6 Å². The molecule has 0 saturated heterocycles. The van der Waals surface area contributed by atoms with Crippen molar-refractivity contribution in [1.29, 1.82) is 0 Å². The molecule has 88 valence electrons. The molecule has 1 aromatic carbocycles. The predicted octanol–water partition coefficient (Wildman–Crippen LogP) is 1.20. The highest BCUT2D eigenvalue weighted by molar-refractivity contribution is 7.95. The second-order valence-corrected chi connectivity index (χ2v) is 5.36. The summed E-state index contributed by atoms with van der Waals surface area (Å²) in [4.78, 5) is 3.41. The zero-order valence-corrected chi connectivity index (χ0v) is 9.83. The van der Waals surface area contributed by atoms with Crippen molar-refractivity contribution >= 4 is 31.9 Å². The number of hydrogen-bond acceptors (Lipinski definition) is 4. The van der Waals surface area contributed by atoms with Crippen molar-refractivity contribution in [2.75, 3.05) is 0 Å². The summed E-state index contributed by atoms with van der Waals surface area (Å²) in [5.41, 5.74) is 0.176. The molecule has 16 heavy (non-hydrogen) atoms. The fraction of sp³-hybridized carbons (Fsp3) is 0.125. The third kappa shape index (κ3) is 3.49. The number of aliphatic imine (C=N–C) groups is 1. The van der Waals surface area contributed by atoms with Gasteiger partial charge in [0.15, 0.2) is 0 Å². The molecule has 2 N–H and O–H groups in total. The van der Waals surface area contributed by atoms with Crippen molar-refractivity contribution in [1.82, 2.24) is 0 Å². The Morgan fingerprint density at radius 3 is 2.56 bits per heavy atom. The molecule has 0 aliphatic heterocycles. The molecule has 1 atom stereocenters. The van der Waals surface area contributed by atoms with Crippen molar-refractivity contribution in [3.63, 3.8) is 0 Å². The van der Waals surface area contributed by atoms with Gasteiger partial charge in [-0.05, 0) is 25.1 Å². The van der Waals surface area contributed by atoms with Crippen molar-refractivity contribution in [2.45, 2.75) is 11.8 Å². The minimum atomic E-state index is -4.29. The maximum atomic E-state index is 10.8. The van der Waals surface area contributed by atoms with E-state index >= 15 is 0 Å². The van der Waals surface area contributed by atoms with Crippen molar-refractivity contribution in [3.05, 3.63) is 24.3 Å². The molecule has 0 heterocycles. The first-order chi connectivity index (χ1) is 7.30. The lowest BCUT2D eigenvalue weighted by Gasteiger charge is -1.99. The summed E-state index contributed by atoms with van der Waals surface area (Å²) in [5, 5.41) is -0.0625. The monoisotopic (exact) mass is 263 g/mol. The number of hydrogen-bond donors (Lipinski definition) is 2. The van der Waals surface area contributed by atoms with Crippen LogP contribution in [-0.4, -0.2) is 26.8 Å². The Morgan fingerprint density at radius 2 is 2.06 bits per heavy atom. The maximum absolute atomic E-state index is 10.8. The van der Waals surface area contributed by atoms with Crippen molar-refractivity contribution in [3.8, 4) is 0 Å². The van der Waals surface area contributed by atoms with E-state index in [2.05, 4.69) is 4.99 Å². The molecule has 6 nitrogen and oxygen atoms in total. The van der Waals surface area contributed by atoms with Gasteiger partial charge in [0.1, 0.15) is 5.04 Å². The molecule has 0 saturated carbocycles. The summed E-state index contributed by atoms with van der Waals surface area (Å²) in [6.07, 6.45) is 0. The third-order valence-corrected chi connectivity index (χ3v) is 3.10. The number of benzene rings is 1. The van der Waals surface area contributed by atoms with Crippen LogP contribution in [0.1, 0.15) is 6.92 Å². The lowest BCUT2D eigenvalue weighted by atomic mass is 10.3. The number of rotatable bonds is 2. The topological polar surface area (TPSA) is 104 Å². The Bertz CT molecular complexity index is 549. The average molecular weight is 263 g/mol. The molecule has 1 unspecified atom stereocenters. The molecule has 8 heteroatoms.